The van der Waals surface area contributed by atoms with Gasteiger partial charge in [0.15, 0.2) is 0 Å². The zero-order valence-corrected chi connectivity index (χ0v) is 68.6. The minimum Gasteiger partial charge on any atom is -0.392 e. The summed E-state index contributed by atoms with van der Waals surface area (Å²) in [5.74, 6) is 4.43. The molecule has 0 radical (unpaired) electrons. The first-order chi connectivity index (χ1) is 49.1. The quantitative estimate of drug-likeness (QED) is 0.0265. The summed E-state index contributed by atoms with van der Waals surface area (Å²) in [5, 5.41) is 45.0. The Balaban J connectivity index is 2.55. The summed E-state index contributed by atoms with van der Waals surface area (Å²) in [6, 6.07) is 1.09. The molecular formula is C88H156N4O4S4. The normalized spacial score (nSPS) is 17.0. The van der Waals surface area contributed by atoms with E-state index >= 15 is 0 Å². The van der Waals surface area contributed by atoms with Crippen LogP contribution < -0.4 is 0 Å². The number of allylic oxidation sites excluding steroid dienone is 24. The molecule has 0 aliphatic carbocycles. The molecule has 1 aliphatic rings. The van der Waals surface area contributed by atoms with Crippen molar-refractivity contribution in [2.75, 3.05) is 88.5 Å². The Kier molecular flexibility index (Phi) is 73.5. The van der Waals surface area contributed by atoms with Crippen LogP contribution in [0.4, 0.5) is 0 Å². The number of rotatable bonds is 72. The summed E-state index contributed by atoms with van der Waals surface area (Å²) in [6.45, 7) is 22.5. The molecule has 8 nitrogen and oxygen atoms in total. The molecule has 0 bridgehead atoms. The van der Waals surface area contributed by atoms with E-state index in [1.165, 1.54) is 51.4 Å². The second kappa shape index (κ2) is 76.6. The highest BCUT2D eigenvalue weighted by molar-refractivity contribution is 8.77. The van der Waals surface area contributed by atoms with Gasteiger partial charge >= 0.3 is 0 Å². The molecule has 1 fully saturated rings. The average Bonchev–Trinajstić information content (AvgIpc) is 0.854. The predicted octanol–water partition coefficient (Wildman–Crippen LogP) is 23.8. The second-order valence-corrected chi connectivity index (χ2v) is 33.4. The van der Waals surface area contributed by atoms with Crippen molar-refractivity contribution in [1.82, 2.24) is 19.6 Å². The van der Waals surface area contributed by atoms with E-state index < -0.39 is 0 Å². The summed E-state index contributed by atoms with van der Waals surface area (Å²) >= 11 is 0. The van der Waals surface area contributed by atoms with Crippen molar-refractivity contribution in [1.29, 1.82) is 0 Å². The van der Waals surface area contributed by atoms with E-state index in [4.69, 9.17) is 0 Å². The minimum absolute atomic E-state index is 0.348. The highest BCUT2D eigenvalue weighted by atomic mass is 33.1. The molecule has 0 aromatic carbocycles. The number of unbranched alkanes of at least 4 members (excludes halogenated alkanes) is 16. The van der Waals surface area contributed by atoms with Crippen LogP contribution in [-0.4, -0.2) is 165 Å². The predicted molar refractivity (Wildman–Crippen MR) is 457 cm³/mol. The largest absolute Gasteiger partial charge is 0.392 e. The second-order valence-electron chi connectivity index (χ2n) is 28.0. The van der Waals surface area contributed by atoms with Gasteiger partial charge < -0.3 is 20.4 Å². The van der Waals surface area contributed by atoms with Gasteiger partial charge in [-0.1, -0.05) is 294 Å². The fourth-order valence-corrected chi connectivity index (χ4v) is 16.6. The van der Waals surface area contributed by atoms with E-state index in [1.54, 1.807) is 0 Å². The van der Waals surface area contributed by atoms with E-state index in [-0.39, 0.29) is 24.4 Å². The van der Waals surface area contributed by atoms with Crippen molar-refractivity contribution in [2.24, 2.45) is 0 Å². The van der Waals surface area contributed by atoms with E-state index in [2.05, 4.69) is 207 Å². The van der Waals surface area contributed by atoms with Crippen LogP contribution in [0.1, 0.15) is 286 Å². The maximum atomic E-state index is 11.3. The Morgan fingerprint density at radius 2 is 0.510 bits per heavy atom. The van der Waals surface area contributed by atoms with Gasteiger partial charge in [0.2, 0.25) is 0 Å². The van der Waals surface area contributed by atoms with Gasteiger partial charge in [-0.15, -0.1) is 0 Å². The maximum Gasteiger partial charge on any atom is 0.0667 e. The molecule has 0 amide bonds. The first-order valence-corrected chi connectivity index (χ1v) is 46.0. The van der Waals surface area contributed by atoms with Gasteiger partial charge in [-0.05, 0) is 194 Å². The van der Waals surface area contributed by atoms with E-state index in [9.17, 15) is 20.4 Å². The Morgan fingerprint density at radius 3 is 0.760 bits per heavy atom. The number of hydrogen-bond acceptors (Lipinski definition) is 12. The van der Waals surface area contributed by atoms with Crippen molar-refractivity contribution >= 4 is 43.2 Å². The third kappa shape index (κ3) is 66.6. The van der Waals surface area contributed by atoms with Crippen LogP contribution in [-0.2, 0) is 0 Å². The zero-order chi connectivity index (χ0) is 72.3. The van der Waals surface area contributed by atoms with Gasteiger partial charge in [-0.2, -0.15) is 0 Å². The molecule has 6 atom stereocenters. The van der Waals surface area contributed by atoms with Crippen molar-refractivity contribution in [2.45, 2.75) is 322 Å². The van der Waals surface area contributed by atoms with E-state index in [0.29, 0.717) is 38.3 Å². The number of piperazine rings is 1. The first kappa shape index (κ1) is 96.0. The summed E-state index contributed by atoms with van der Waals surface area (Å²) in [5.41, 5.74) is 0. The minimum atomic E-state index is -0.348. The van der Waals surface area contributed by atoms with Crippen LogP contribution >= 0.6 is 43.2 Å². The maximum absolute atomic E-state index is 11.3. The Labute approximate surface area is 635 Å². The molecule has 1 aliphatic heterocycles. The molecule has 6 unspecified atom stereocenters. The SMILES string of the molecule is CC/C=C\C/C=C\C/C=C\CCCCCCC(O)CN(CCCSSCCN1CC(C)N(CCSSCCCN(CC(O)CCCCCC/C=C\C/C=C\C/C=C\CC)CC(O)CCCCCC/C=C\C/C=C\C/C=C\CC)CC1C)CC(O)CCCCCC/C=C\C/C=C\C/C=C\CC. The van der Waals surface area contributed by atoms with Crippen LogP contribution in [0.15, 0.2) is 146 Å². The molecule has 4 N–H and O–H groups in total. The van der Waals surface area contributed by atoms with Crippen LogP contribution in [0.5, 0.6) is 0 Å². The lowest BCUT2D eigenvalue weighted by atomic mass is 10.1. The summed E-state index contributed by atoms with van der Waals surface area (Å²) in [7, 11) is 8.03. The number of aliphatic hydroxyl groups excluding tert-OH is 4. The smallest absolute Gasteiger partial charge is 0.0667 e. The van der Waals surface area contributed by atoms with Crippen molar-refractivity contribution in [3.63, 3.8) is 0 Å². The third-order valence-electron chi connectivity index (χ3n) is 18.4. The van der Waals surface area contributed by atoms with Gasteiger partial charge in [-0.3, -0.25) is 19.6 Å². The van der Waals surface area contributed by atoms with Crippen LogP contribution in [0, 0.1) is 0 Å². The van der Waals surface area contributed by atoms with Gasteiger partial charge in [0, 0.05) is 87.5 Å². The van der Waals surface area contributed by atoms with Crippen molar-refractivity contribution < 1.29 is 20.4 Å². The van der Waals surface area contributed by atoms with Crippen LogP contribution in [0.25, 0.3) is 0 Å². The third-order valence-corrected chi connectivity index (χ3v) is 23.3. The fourth-order valence-electron chi connectivity index (χ4n) is 12.5. The molecule has 0 saturated carbocycles. The molecule has 1 heterocycles. The Hall–Kier alpha value is -2.04. The fraction of sp³-hybridized carbons (Fsp3) is 0.727. The van der Waals surface area contributed by atoms with Crippen LogP contribution in [0.2, 0.25) is 0 Å². The van der Waals surface area contributed by atoms with E-state index in [1.807, 2.05) is 43.2 Å². The topological polar surface area (TPSA) is 93.9 Å². The van der Waals surface area contributed by atoms with Gasteiger partial charge in [0.25, 0.3) is 0 Å². The molecule has 0 spiro atoms. The molecular weight excluding hydrogens is 1310 g/mol. The highest BCUT2D eigenvalue weighted by Crippen LogP contribution is 2.27. The Morgan fingerprint density at radius 1 is 0.290 bits per heavy atom. The number of nitrogens with zero attached hydrogens (tertiary/aromatic N) is 4. The van der Waals surface area contributed by atoms with E-state index in [0.717, 1.165) is 255 Å². The zero-order valence-electron chi connectivity index (χ0n) is 65.3. The first-order valence-electron chi connectivity index (χ1n) is 41.1. The molecule has 1 saturated heterocycles. The standard InChI is InChI=1S/C88H156N4O4S4/c1-7-11-15-19-23-27-31-35-39-43-47-51-55-59-65-85(93)79-89(80-86(94)66-60-56-52-48-44-40-36-32-28-24-20-16-12-8-2)69-63-73-97-99-75-71-91-77-84(6)92(78-83(91)5)72-76-100-98-74-64-70-90(81-87(95)67-61-57-53-49-45-41-37-33-29-25-21-17-13-9-3)82-88(96)68-62-58-54-50-46-42-38-34-30-26-22-18-14-10-4/h11-18,23-30,35-42,83-88,93-96H,7-10,19-22,31-34,43-82H2,1-6H3/b15-11-,16-12-,17-13-,18-14-,27-23-,28-24-,29-25-,30-26-,39-35-,40-36-,41-37-,42-38-. The number of aliphatic hydroxyl groups is 4. The highest BCUT2D eigenvalue weighted by Gasteiger charge is 2.28. The van der Waals surface area contributed by atoms with Crippen molar-refractivity contribution in [3.05, 3.63) is 146 Å². The lowest BCUT2D eigenvalue weighted by molar-refractivity contribution is 0.0516. The molecule has 100 heavy (non-hydrogen) atoms. The lowest BCUT2D eigenvalue weighted by Gasteiger charge is -2.44. The number of hydrogen-bond donors (Lipinski definition) is 4. The molecule has 576 valence electrons. The van der Waals surface area contributed by atoms with Crippen LogP contribution in [0.3, 0.4) is 0 Å². The van der Waals surface area contributed by atoms with Gasteiger partial charge in [0.05, 0.1) is 24.4 Å². The molecule has 0 aromatic heterocycles. The lowest BCUT2D eigenvalue weighted by Crippen LogP contribution is -2.57. The van der Waals surface area contributed by atoms with Gasteiger partial charge in [-0.25, -0.2) is 0 Å². The van der Waals surface area contributed by atoms with Gasteiger partial charge in [0.1, 0.15) is 0 Å². The Bertz CT molecular complexity index is 1860. The molecule has 1 rings (SSSR count). The summed E-state index contributed by atoms with van der Waals surface area (Å²) in [4.78, 5) is 10.2. The molecule has 12 heteroatoms. The average molecular weight is 1460 g/mol. The monoisotopic (exact) mass is 1460 g/mol. The van der Waals surface area contributed by atoms with Crippen molar-refractivity contribution in [3.8, 4) is 0 Å². The summed E-state index contributed by atoms with van der Waals surface area (Å²) < 4.78 is 0. The molecule has 0 aromatic rings. The summed E-state index contributed by atoms with van der Waals surface area (Å²) in [6.07, 6.45) is 94.1.